The third-order valence-electron chi connectivity index (χ3n) is 5.13. The molecule has 0 spiro atoms. The molecule has 3 aromatic carbocycles. The van der Waals surface area contributed by atoms with E-state index in [-0.39, 0.29) is 24.2 Å². The zero-order chi connectivity index (χ0) is 21.1. The molecule has 0 saturated heterocycles. The van der Waals surface area contributed by atoms with Crippen LogP contribution in [0.5, 0.6) is 0 Å². The summed E-state index contributed by atoms with van der Waals surface area (Å²) < 4.78 is 19.0. The van der Waals surface area contributed by atoms with E-state index < -0.39 is 0 Å². The summed E-state index contributed by atoms with van der Waals surface area (Å²) in [6, 6.07) is 18.8. The molecule has 0 aliphatic rings. The Morgan fingerprint density at radius 2 is 1.93 bits per heavy atom. The number of nitrogens with zero attached hydrogens (tertiary/aromatic N) is 2. The normalized spacial score (nSPS) is 12.1. The van der Waals surface area contributed by atoms with Gasteiger partial charge in [0.25, 0.3) is 0 Å². The quantitative estimate of drug-likeness (QED) is 0.484. The summed E-state index contributed by atoms with van der Waals surface area (Å²) in [5.74, 6) is 0.240. The second-order valence-corrected chi connectivity index (χ2v) is 7.33. The van der Waals surface area contributed by atoms with Gasteiger partial charge in [-0.25, -0.2) is 4.39 Å². The standard InChI is InChI=1S/C24H22FN3O2/c1-15-10-11-18(14-21(15)25)24-27-23(30-28-24)13-12-22(29)26-16(2)19-9-5-7-17-6-3-4-8-20(17)19/h3-11,14,16H,12-13H2,1-2H3,(H,26,29). The van der Waals surface area contributed by atoms with Crippen molar-refractivity contribution >= 4 is 16.7 Å². The molecular weight excluding hydrogens is 381 g/mol. The lowest BCUT2D eigenvalue weighted by Crippen LogP contribution is -2.27. The molecule has 30 heavy (non-hydrogen) atoms. The van der Waals surface area contributed by atoms with Gasteiger partial charge in [0.05, 0.1) is 6.04 Å². The Balaban J connectivity index is 1.38. The number of carbonyl (C=O) groups is 1. The number of amides is 1. The van der Waals surface area contributed by atoms with Crippen LogP contribution >= 0.6 is 0 Å². The van der Waals surface area contributed by atoms with Gasteiger partial charge in [0.15, 0.2) is 0 Å². The molecule has 1 heterocycles. The molecule has 4 aromatic rings. The van der Waals surface area contributed by atoms with E-state index in [1.54, 1.807) is 19.1 Å². The van der Waals surface area contributed by atoms with Crippen molar-refractivity contribution in [3.05, 3.63) is 83.5 Å². The second-order valence-electron chi connectivity index (χ2n) is 7.33. The first-order chi connectivity index (χ1) is 14.5. The summed E-state index contributed by atoms with van der Waals surface area (Å²) in [5, 5.41) is 9.19. The molecule has 0 aliphatic heterocycles. The van der Waals surface area contributed by atoms with E-state index in [0.717, 1.165) is 16.3 Å². The van der Waals surface area contributed by atoms with Crippen molar-refractivity contribution in [2.24, 2.45) is 0 Å². The minimum absolute atomic E-state index is 0.100. The van der Waals surface area contributed by atoms with Gasteiger partial charge in [0.2, 0.25) is 17.6 Å². The van der Waals surface area contributed by atoms with Crippen molar-refractivity contribution in [3.63, 3.8) is 0 Å². The number of benzene rings is 3. The number of aryl methyl sites for hydroxylation is 2. The lowest BCUT2D eigenvalue weighted by Gasteiger charge is -2.16. The molecular formula is C24H22FN3O2. The molecule has 1 atom stereocenters. The first-order valence-corrected chi connectivity index (χ1v) is 9.87. The minimum atomic E-state index is -0.319. The highest BCUT2D eigenvalue weighted by molar-refractivity contribution is 5.86. The van der Waals surface area contributed by atoms with Crippen LogP contribution < -0.4 is 5.32 Å². The number of rotatable bonds is 6. The Kier molecular flexibility index (Phi) is 5.57. The molecule has 0 saturated carbocycles. The molecule has 0 bridgehead atoms. The van der Waals surface area contributed by atoms with Crippen molar-refractivity contribution in [1.82, 2.24) is 15.5 Å². The first kappa shape index (κ1) is 19.8. The Bertz CT molecular complexity index is 1200. The Morgan fingerprint density at radius 1 is 1.13 bits per heavy atom. The van der Waals surface area contributed by atoms with Gasteiger partial charge >= 0.3 is 0 Å². The molecule has 1 unspecified atom stereocenters. The molecule has 4 rings (SSSR count). The van der Waals surface area contributed by atoms with E-state index >= 15 is 0 Å². The van der Waals surface area contributed by atoms with Gasteiger partial charge in [-0.2, -0.15) is 4.98 Å². The first-order valence-electron chi connectivity index (χ1n) is 9.87. The number of aromatic nitrogens is 2. The summed E-state index contributed by atoms with van der Waals surface area (Å²) in [4.78, 5) is 16.7. The van der Waals surface area contributed by atoms with Crippen LogP contribution in [0.3, 0.4) is 0 Å². The molecule has 5 nitrogen and oxygen atoms in total. The predicted octanol–water partition coefficient (Wildman–Crippen LogP) is 5.15. The van der Waals surface area contributed by atoms with Gasteiger partial charge in [-0.15, -0.1) is 0 Å². The summed E-state index contributed by atoms with van der Waals surface area (Å²) in [5.41, 5.74) is 2.17. The fraction of sp³-hybridized carbons (Fsp3) is 0.208. The van der Waals surface area contributed by atoms with Gasteiger partial charge in [0, 0.05) is 18.4 Å². The van der Waals surface area contributed by atoms with E-state index in [0.29, 0.717) is 29.3 Å². The van der Waals surface area contributed by atoms with Crippen molar-refractivity contribution in [2.45, 2.75) is 32.7 Å². The maximum absolute atomic E-state index is 13.7. The van der Waals surface area contributed by atoms with Crippen molar-refractivity contribution in [2.75, 3.05) is 0 Å². The van der Waals surface area contributed by atoms with Crippen LogP contribution in [0, 0.1) is 12.7 Å². The SMILES string of the molecule is Cc1ccc(-c2noc(CCC(=O)NC(C)c3cccc4ccccc34)n2)cc1F. The lowest BCUT2D eigenvalue weighted by molar-refractivity contribution is -0.121. The van der Waals surface area contributed by atoms with Crippen LogP contribution in [-0.4, -0.2) is 16.0 Å². The zero-order valence-electron chi connectivity index (χ0n) is 16.9. The van der Waals surface area contributed by atoms with E-state index in [9.17, 15) is 9.18 Å². The number of carbonyl (C=O) groups excluding carboxylic acids is 1. The van der Waals surface area contributed by atoms with Crippen LogP contribution in [0.2, 0.25) is 0 Å². The summed E-state index contributed by atoms with van der Waals surface area (Å²) in [6.45, 7) is 3.66. The minimum Gasteiger partial charge on any atom is -0.350 e. The fourth-order valence-electron chi connectivity index (χ4n) is 3.45. The van der Waals surface area contributed by atoms with Gasteiger partial charge in [0.1, 0.15) is 5.82 Å². The topological polar surface area (TPSA) is 68.0 Å². The predicted molar refractivity (Wildman–Crippen MR) is 113 cm³/mol. The summed E-state index contributed by atoms with van der Waals surface area (Å²) >= 11 is 0. The Labute approximate surface area is 173 Å². The lowest BCUT2D eigenvalue weighted by atomic mass is 9.99. The van der Waals surface area contributed by atoms with Crippen molar-refractivity contribution in [1.29, 1.82) is 0 Å². The van der Waals surface area contributed by atoms with Crippen LogP contribution in [0.1, 0.15) is 36.4 Å². The van der Waals surface area contributed by atoms with Crippen LogP contribution in [0.15, 0.2) is 65.2 Å². The molecule has 1 N–H and O–H groups in total. The molecule has 6 heteroatoms. The average Bonchev–Trinajstić information content (AvgIpc) is 3.23. The number of nitrogens with one attached hydrogen (secondary N) is 1. The monoisotopic (exact) mass is 403 g/mol. The Hall–Kier alpha value is -3.54. The highest BCUT2D eigenvalue weighted by Gasteiger charge is 2.15. The average molecular weight is 403 g/mol. The smallest absolute Gasteiger partial charge is 0.227 e. The molecule has 152 valence electrons. The van der Waals surface area contributed by atoms with Crippen molar-refractivity contribution in [3.8, 4) is 11.4 Å². The maximum Gasteiger partial charge on any atom is 0.227 e. The van der Waals surface area contributed by atoms with Crippen LogP contribution in [0.4, 0.5) is 4.39 Å². The molecule has 0 fully saturated rings. The van der Waals surface area contributed by atoms with Crippen LogP contribution in [-0.2, 0) is 11.2 Å². The van der Waals surface area contributed by atoms with Gasteiger partial charge < -0.3 is 9.84 Å². The summed E-state index contributed by atoms with van der Waals surface area (Å²) in [6.07, 6.45) is 0.536. The highest BCUT2D eigenvalue weighted by atomic mass is 19.1. The van der Waals surface area contributed by atoms with E-state index in [2.05, 4.69) is 33.7 Å². The molecule has 1 aromatic heterocycles. The third kappa shape index (κ3) is 4.22. The van der Waals surface area contributed by atoms with E-state index in [4.69, 9.17) is 4.52 Å². The summed E-state index contributed by atoms with van der Waals surface area (Å²) in [7, 11) is 0. The van der Waals surface area contributed by atoms with Gasteiger partial charge in [-0.3, -0.25) is 4.79 Å². The Morgan fingerprint density at radius 3 is 2.77 bits per heavy atom. The van der Waals surface area contributed by atoms with Gasteiger partial charge in [-0.05, 0) is 41.8 Å². The van der Waals surface area contributed by atoms with Gasteiger partial charge in [-0.1, -0.05) is 59.8 Å². The highest BCUT2D eigenvalue weighted by Crippen LogP contribution is 2.24. The van der Waals surface area contributed by atoms with Crippen molar-refractivity contribution < 1.29 is 13.7 Å². The van der Waals surface area contributed by atoms with E-state index in [1.165, 1.54) is 6.07 Å². The number of hydrogen-bond acceptors (Lipinski definition) is 4. The number of hydrogen-bond donors (Lipinski definition) is 1. The maximum atomic E-state index is 13.7. The molecule has 1 amide bonds. The zero-order valence-corrected chi connectivity index (χ0v) is 16.9. The fourth-order valence-corrected chi connectivity index (χ4v) is 3.45. The molecule has 0 radical (unpaired) electrons. The second kappa shape index (κ2) is 8.45. The largest absolute Gasteiger partial charge is 0.350 e. The molecule has 0 aliphatic carbocycles. The van der Waals surface area contributed by atoms with E-state index in [1.807, 2.05) is 31.2 Å². The van der Waals surface area contributed by atoms with Crippen LogP contribution in [0.25, 0.3) is 22.2 Å². The number of fused-ring (bicyclic) bond motifs is 1. The third-order valence-corrected chi connectivity index (χ3v) is 5.13. The number of halogens is 1.